The molecule has 2 rings (SSSR count). The van der Waals surface area contributed by atoms with Crippen LogP contribution in [0.1, 0.15) is 18.1 Å². The second-order valence-corrected chi connectivity index (χ2v) is 6.37. The molecule has 0 radical (unpaired) electrons. The van der Waals surface area contributed by atoms with Gasteiger partial charge in [-0.1, -0.05) is 23.7 Å². The van der Waals surface area contributed by atoms with E-state index in [0.29, 0.717) is 27.8 Å². The van der Waals surface area contributed by atoms with Crippen LogP contribution in [0.25, 0.3) is 0 Å². The van der Waals surface area contributed by atoms with Gasteiger partial charge in [0.15, 0.2) is 6.10 Å². The maximum Gasteiger partial charge on any atom is 0.311 e. The Morgan fingerprint density at radius 3 is 2.52 bits per heavy atom. The lowest BCUT2D eigenvalue weighted by Gasteiger charge is -2.16. The number of ether oxygens (including phenoxy) is 3. The Hall–Kier alpha value is -2.73. The van der Waals surface area contributed by atoms with Crippen molar-refractivity contribution >= 4 is 29.2 Å². The number of esters is 1. The van der Waals surface area contributed by atoms with Gasteiger partial charge in [0.1, 0.15) is 11.5 Å². The summed E-state index contributed by atoms with van der Waals surface area (Å²) < 4.78 is 15.6. The quantitative estimate of drug-likeness (QED) is 0.727. The van der Waals surface area contributed by atoms with Crippen molar-refractivity contribution in [2.75, 3.05) is 19.5 Å². The molecule has 2 aromatic carbocycles. The summed E-state index contributed by atoms with van der Waals surface area (Å²) in [6, 6.07) is 10.3. The normalized spacial score (nSPS) is 11.4. The average Bonchev–Trinajstić information content (AvgIpc) is 2.64. The molecule has 7 heteroatoms. The molecule has 144 valence electrons. The molecule has 0 spiro atoms. The second kappa shape index (κ2) is 9.28. The number of halogens is 1. The van der Waals surface area contributed by atoms with Crippen molar-refractivity contribution in [1.29, 1.82) is 0 Å². The van der Waals surface area contributed by atoms with E-state index in [2.05, 4.69) is 5.32 Å². The molecule has 0 aliphatic rings. The molecular formula is C20H22ClNO5. The lowest BCUT2D eigenvalue weighted by molar-refractivity contribution is -0.152. The van der Waals surface area contributed by atoms with E-state index in [1.807, 2.05) is 6.92 Å². The molecule has 0 aliphatic heterocycles. The Morgan fingerprint density at radius 2 is 1.85 bits per heavy atom. The van der Waals surface area contributed by atoms with Gasteiger partial charge < -0.3 is 19.5 Å². The SMILES string of the molecule is COc1ccc(CC(=O)OC(C)C(=O)Nc2cc(Cl)ccc2C)c(OC)c1. The summed E-state index contributed by atoms with van der Waals surface area (Å²) in [4.78, 5) is 24.5. The predicted octanol–water partition coefficient (Wildman–Crippen LogP) is 3.78. The summed E-state index contributed by atoms with van der Waals surface area (Å²) in [6.07, 6.45) is -0.985. The number of hydrogen-bond acceptors (Lipinski definition) is 5. The van der Waals surface area contributed by atoms with Gasteiger partial charge >= 0.3 is 5.97 Å². The lowest BCUT2D eigenvalue weighted by Crippen LogP contribution is -2.30. The maximum absolute atomic E-state index is 12.3. The van der Waals surface area contributed by atoms with Crippen molar-refractivity contribution in [3.8, 4) is 11.5 Å². The van der Waals surface area contributed by atoms with E-state index < -0.39 is 18.0 Å². The fraction of sp³-hybridized carbons (Fsp3) is 0.300. The molecule has 2 aromatic rings. The van der Waals surface area contributed by atoms with Crippen molar-refractivity contribution in [2.24, 2.45) is 0 Å². The standard InChI is InChI=1S/C20H22ClNO5/c1-12-5-7-15(21)10-17(12)22-20(24)13(2)27-19(23)9-14-6-8-16(25-3)11-18(14)26-4/h5-8,10-11,13H,9H2,1-4H3,(H,22,24). The first-order chi connectivity index (χ1) is 12.8. The van der Waals surface area contributed by atoms with E-state index in [4.69, 9.17) is 25.8 Å². The van der Waals surface area contributed by atoms with Crippen LogP contribution in [0.2, 0.25) is 5.02 Å². The maximum atomic E-state index is 12.3. The monoisotopic (exact) mass is 391 g/mol. The highest BCUT2D eigenvalue weighted by atomic mass is 35.5. The second-order valence-electron chi connectivity index (χ2n) is 5.94. The molecule has 1 amide bonds. The minimum absolute atomic E-state index is 0.0268. The first-order valence-corrected chi connectivity index (χ1v) is 8.69. The highest BCUT2D eigenvalue weighted by molar-refractivity contribution is 6.31. The summed E-state index contributed by atoms with van der Waals surface area (Å²) in [7, 11) is 3.05. The Balaban J connectivity index is 1.98. The minimum atomic E-state index is -0.958. The van der Waals surface area contributed by atoms with E-state index in [9.17, 15) is 9.59 Å². The summed E-state index contributed by atoms with van der Waals surface area (Å²) in [6.45, 7) is 3.36. The van der Waals surface area contributed by atoms with E-state index >= 15 is 0 Å². The van der Waals surface area contributed by atoms with Gasteiger partial charge in [0, 0.05) is 22.3 Å². The van der Waals surface area contributed by atoms with Gasteiger partial charge in [0.2, 0.25) is 0 Å². The number of hydrogen-bond donors (Lipinski definition) is 1. The van der Waals surface area contributed by atoms with Crippen LogP contribution in [0.5, 0.6) is 11.5 Å². The Bertz CT molecular complexity index is 837. The summed E-state index contributed by atoms with van der Waals surface area (Å²) >= 11 is 5.95. The molecule has 0 aromatic heterocycles. The van der Waals surface area contributed by atoms with E-state index in [1.165, 1.54) is 14.0 Å². The van der Waals surface area contributed by atoms with Gasteiger partial charge in [0.25, 0.3) is 5.91 Å². The van der Waals surface area contributed by atoms with Gasteiger partial charge in [0.05, 0.1) is 20.6 Å². The van der Waals surface area contributed by atoms with Crippen LogP contribution in [-0.4, -0.2) is 32.2 Å². The number of amides is 1. The minimum Gasteiger partial charge on any atom is -0.497 e. The van der Waals surface area contributed by atoms with E-state index in [0.717, 1.165) is 5.56 Å². The predicted molar refractivity (Wildman–Crippen MR) is 104 cm³/mol. The Morgan fingerprint density at radius 1 is 1.11 bits per heavy atom. The van der Waals surface area contributed by atoms with Crippen LogP contribution in [0.15, 0.2) is 36.4 Å². The Labute approximate surface area is 163 Å². The number of anilines is 1. The smallest absolute Gasteiger partial charge is 0.311 e. The highest BCUT2D eigenvalue weighted by Gasteiger charge is 2.20. The van der Waals surface area contributed by atoms with Gasteiger partial charge in [-0.3, -0.25) is 9.59 Å². The number of carbonyl (C=O) groups excluding carboxylic acids is 2. The molecule has 0 aliphatic carbocycles. The van der Waals surface area contributed by atoms with Gasteiger partial charge in [-0.15, -0.1) is 0 Å². The fourth-order valence-corrected chi connectivity index (χ4v) is 2.58. The van der Waals surface area contributed by atoms with Crippen molar-refractivity contribution < 1.29 is 23.8 Å². The molecule has 27 heavy (non-hydrogen) atoms. The third-order valence-corrected chi connectivity index (χ3v) is 4.20. The number of nitrogens with one attached hydrogen (secondary N) is 1. The summed E-state index contributed by atoms with van der Waals surface area (Å²) in [5.41, 5.74) is 2.07. The van der Waals surface area contributed by atoms with Gasteiger partial charge in [-0.05, 0) is 37.6 Å². The van der Waals surface area contributed by atoms with Crippen molar-refractivity contribution in [2.45, 2.75) is 26.4 Å². The van der Waals surface area contributed by atoms with Crippen LogP contribution in [0, 0.1) is 6.92 Å². The highest BCUT2D eigenvalue weighted by Crippen LogP contribution is 2.25. The molecule has 0 bridgehead atoms. The number of methoxy groups -OCH3 is 2. The molecule has 0 saturated carbocycles. The number of aryl methyl sites for hydroxylation is 1. The van der Waals surface area contributed by atoms with Crippen molar-refractivity contribution in [1.82, 2.24) is 0 Å². The third kappa shape index (κ3) is 5.62. The molecule has 1 unspecified atom stereocenters. The largest absolute Gasteiger partial charge is 0.497 e. The molecule has 6 nitrogen and oxygen atoms in total. The molecule has 1 atom stereocenters. The van der Waals surface area contributed by atoms with Gasteiger partial charge in [-0.2, -0.15) is 0 Å². The lowest BCUT2D eigenvalue weighted by atomic mass is 10.1. The van der Waals surface area contributed by atoms with Crippen LogP contribution in [0.4, 0.5) is 5.69 Å². The molecule has 1 N–H and O–H groups in total. The molecule has 0 saturated heterocycles. The van der Waals surface area contributed by atoms with Crippen LogP contribution in [0.3, 0.4) is 0 Å². The zero-order valence-electron chi connectivity index (χ0n) is 15.7. The average molecular weight is 392 g/mol. The zero-order chi connectivity index (χ0) is 20.0. The topological polar surface area (TPSA) is 73.9 Å². The number of carbonyl (C=O) groups is 2. The molecule has 0 heterocycles. The molecular weight excluding hydrogens is 370 g/mol. The first kappa shape index (κ1) is 20.6. The van der Waals surface area contributed by atoms with E-state index in [1.54, 1.807) is 43.5 Å². The first-order valence-electron chi connectivity index (χ1n) is 8.31. The number of rotatable bonds is 7. The number of benzene rings is 2. The zero-order valence-corrected chi connectivity index (χ0v) is 16.4. The van der Waals surface area contributed by atoms with E-state index in [-0.39, 0.29) is 6.42 Å². The van der Waals surface area contributed by atoms with Crippen molar-refractivity contribution in [3.63, 3.8) is 0 Å². The van der Waals surface area contributed by atoms with Crippen LogP contribution in [-0.2, 0) is 20.7 Å². The molecule has 0 fully saturated rings. The fourth-order valence-electron chi connectivity index (χ4n) is 2.41. The van der Waals surface area contributed by atoms with Gasteiger partial charge in [-0.25, -0.2) is 0 Å². The summed E-state index contributed by atoms with van der Waals surface area (Å²) in [5, 5.41) is 3.22. The van der Waals surface area contributed by atoms with Crippen LogP contribution >= 0.6 is 11.6 Å². The van der Waals surface area contributed by atoms with Crippen LogP contribution < -0.4 is 14.8 Å². The summed E-state index contributed by atoms with van der Waals surface area (Å²) in [5.74, 6) is 0.158. The van der Waals surface area contributed by atoms with Crippen molar-refractivity contribution in [3.05, 3.63) is 52.5 Å². The third-order valence-electron chi connectivity index (χ3n) is 3.96. The Kier molecular flexibility index (Phi) is 7.07.